The number of anilines is 1. The van der Waals surface area contributed by atoms with Crippen molar-refractivity contribution >= 4 is 22.2 Å². The van der Waals surface area contributed by atoms with Gasteiger partial charge in [-0.2, -0.15) is 0 Å². The molecule has 0 unspecified atom stereocenters. The maximum absolute atomic E-state index is 12.2. The highest BCUT2D eigenvalue weighted by Crippen LogP contribution is 2.17. The summed E-state index contributed by atoms with van der Waals surface area (Å²) in [6, 6.07) is 20.7. The fourth-order valence-electron chi connectivity index (χ4n) is 2.20. The van der Waals surface area contributed by atoms with Crippen LogP contribution in [0.15, 0.2) is 66.7 Å². The van der Waals surface area contributed by atoms with E-state index in [9.17, 15) is 4.79 Å². The van der Waals surface area contributed by atoms with Gasteiger partial charge in [-0.05, 0) is 29.0 Å². The molecule has 0 atom stereocenters. The lowest BCUT2D eigenvalue weighted by atomic mass is 10.0. The number of Topliss-reactive ketones (excluding diaryl/α,β-unsaturated/α-hetero) is 1. The van der Waals surface area contributed by atoms with E-state index in [0.717, 1.165) is 10.8 Å². The number of nitrogen functional groups attached to an aromatic ring is 1. The minimum atomic E-state index is -0.0526. The van der Waals surface area contributed by atoms with Crippen molar-refractivity contribution in [3.8, 4) is 5.75 Å². The Morgan fingerprint density at radius 3 is 2.52 bits per heavy atom. The first-order valence-electron chi connectivity index (χ1n) is 6.73. The summed E-state index contributed by atoms with van der Waals surface area (Å²) in [5, 5.41) is 2.16. The van der Waals surface area contributed by atoms with Gasteiger partial charge in [0.15, 0.2) is 12.4 Å². The van der Waals surface area contributed by atoms with Gasteiger partial charge in [0, 0.05) is 17.3 Å². The van der Waals surface area contributed by atoms with Crippen LogP contribution in [0.2, 0.25) is 0 Å². The van der Waals surface area contributed by atoms with Gasteiger partial charge in [0.1, 0.15) is 5.75 Å². The summed E-state index contributed by atoms with van der Waals surface area (Å²) in [7, 11) is 0. The van der Waals surface area contributed by atoms with Crippen LogP contribution in [0.3, 0.4) is 0 Å². The van der Waals surface area contributed by atoms with Crippen LogP contribution in [0.1, 0.15) is 10.4 Å². The van der Waals surface area contributed by atoms with Crippen LogP contribution in [-0.4, -0.2) is 12.4 Å². The number of benzene rings is 3. The third-order valence-corrected chi connectivity index (χ3v) is 3.30. The van der Waals surface area contributed by atoms with Gasteiger partial charge in [0.2, 0.25) is 0 Å². The van der Waals surface area contributed by atoms with E-state index in [2.05, 4.69) is 0 Å². The number of carbonyl (C=O) groups excluding carboxylic acids is 1. The van der Waals surface area contributed by atoms with Crippen LogP contribution in [-0.2, 0) is 0 Å². The Balaban J connectivity index is 1.74. The molecule has 0 heterocycles. The maximum Gasteiger partial charge on any atom is 0.200 e. The first kappa shape index (κ1) is 13.2. The van der Waals surface area contributed by atoms with Gasteiger partial charge in [-0.3, -0.25) is 4.79 Å². The predicted molar refractivity (Wildman–Crippen MR) is 84.6 cm³/mol. The molecule has 0 saturated heterocycles. The number of fused-ring (bicyclic) bond motifs is 1. The standard InChI is InChI=1S/C18H15NO2/c19-16-6-3-7-17(11-16)21-12-18(20)15-9-8-13-4-1-2-5-14(13)10-15/h1-11H,12,19H2. The molecular weight excluding hydrogens is 262 g/mol. The summed E-state index contributed by atoms with van der Waals surface area (Å²) in [4.78, 5) is 12.2. The second kappa shape index (κ2) is 5.67. The normalized spacial score (nSPS) is 10.5. The molecule has 0 aliphatic carbocycles. The summed E-state index contributed by atoms with van der Waals surface area (Å²) in [5.74, 6) is 0.548. The smallest absolute Gasteiger partial charge is 0.200 e. The van der Waals surface area contributed by atoms with Crippen LogP contribution in [0.4, 0.5) is 5.69 Å². The van der Waals surface area contributed by atoms with Crippen LogP contribution < -0.4 is 10.5 Å². The Morgan fingerprint density at radius 2 is 1.71 bits per heavy atom. The van der Waals surface area contributed by atoms with E-state index in [1.54, 1.807) is 24.3 Å². The zero-order valence-corrected chi connectivity index (χ0v) is 11.5. The molecular formula is C18H15NO2. The largest absolute Gasteiger partial charge is 0.485 e. The van der Waals surface area contributed by atoms with E-state index in [1.165, 1.54) is 0 Å². The third kappa shape index (κ3) is 3.03. The first-order chi connectivity index (χ1) is 10.2. The SMILES string of the molecule is Nc1cccc(OCC(=O)c2ccc3ccccc3c2)c1. The summed E-state index contributed by atoms with van der Waals surface area (Å²) >= 11 is 0. The number of carbonyl (C=O) groups is 1. The predicted octanol–water partition coefficient (Wildman–Crippen LogP) is 3.68. The number of hydrogen-bond acceptors (Lipinski definition) is 3. The Labute approximate surface area is 123 Å². The summed E-state index contributed by atoms with van der Waals surface area (Å²) in [5.41, 5.74) is 6.94. The van der Waals surface area contributed by atoms with Gasteiger partial charge in [0.05, 0.1) is 0 Å². The van der Waals surface area contributed by atoms with Gasteiger partial charge in [-0.25, -0.2) is 0 Å². The Morgan fingerprint density at radius 1 is 0.905 bits per heavy atom. The van der Waals surface area contributed by atoms with Crippen LogP contribution in [0.25, 0.3) is 10.8 Å². The number of rotatable bonds is 4. The summed E-state index contributed by atoms with van der Waals surface area (Å²) in [6.45, 7) is 0.00178. The Bertz CT molecular complexity index is 796. The van der Waals surface area contributed by atoms with Gasteiger partial charge in [0.25, 0.3) is 0 Å². The lowest BCUT2D eigenvalue weighted by Gasteiger charge is -2.07. The molecule has 2 N–H and O–H groups in total. The average molecular weight is 277 g/mol. The van der Waals surface area contributed by atoms with E-state index < -0.39 is 0 Å². The molecule has 3 nitrogen and oxygen atoms in total. The van der Waals surface area contributed by atoms with Crippen molar-refractivity contribution in [3.05, 3.63) is 72.3 Å². The fraction of sp³-hybridized carbons (Fsp3) is 0.0556. The summed E-state index contributed by atoms with van der Waals surface area (Å²) in [6.07, 6.45) is 0. The Hall–Kier alpha value is -2.81. The minimum Gasteiger partial charge on any atom is -0.485 e. The van der Waals surface area contributed by atoms with Crippen LogP contribution in [0.5, 0.6) is 5.75 Å². The van der Waals surface area contributed by atoms with Crippen LogP contribution >= 0.6 is 0 Å². The third-order valence-electron chi connectivity index (χ3n) is 3.30. The second-order valence-electron chi connectivity index (χ2n) is 4.85. The maximum atomic E-state index is 12.2. The average Bonchev–Trinajstić information content (AvgIpc) is 2.52. The number of ether oxygens (including phenoxy) is 1. The first-order valence-corrected chi connectivity index (χ1v) is 6.73. The fourth-order valence-corrected chi connectivity index (χ4v) is 2.20. The zero-order chi connectivity index (χ0) is 14.7. The van der Waals surface area contributed by atoms with Crippen molar-refractivity contribution in [1.82, 2.24) is 0 Å². The molecule has 0 bridgehead atoms. The monoisotopic (exact) mass is 277 g/mol. The molecule has 0 amide bonds. The second-order valence-corrected chi connectivity index (χ2v) is 4.85. The number of ketones is 1. The molecule has 0 radical (unpaired) electrons. The van der Waals surface area contributed by atoms with Gasteiger partial charge in [-0.1, -0.05) is 42.5 Å². The molecule has 0 aliphatic rings. The molecule has 0 aliphatic heterocycles. The minimum absolute atomic E-state index is 0.00178. The van der Waals surface area contributed by atoms with Crippen molar-refractivity contribution in [3.63, 3.8) is 0 Å². The molecule has 3 aromatic carbocycles. The molecule has 0 saturated carbocycles. The van der Waals surface area contributed by atoms with Gasteiger partial charge >= 0.3 is 0 Å². The van der Waals surface area contributed by atoms with E-state index in [1.807, 2.05) is 42.5 Å². The van der Waals surface area contributed by atoms with E-state index in [0.29, 0.717) is 17.0 Å². The van der Waals surface area contributed by atoms with E-state index >= 15 is 0 Å². The topological polar surface area (TPSA) is 52.3 Å². The van der Waals surface area contributed by atoms with Crippen molar-refractivity contribution in [2.75, 3.05) is 12.3 Å². The highest BCUT2D eigenvalue weighted by Gasteiger charge is 2.07. The quantitative estimate of drug-likeness (QED) is 0.584. The number of nitrogens with two attached hydrogens (primary N) is 1. The van der Waals surface area contributed by atoms with Crippen molar-refractivity contribution in [2.45, 2.75) is 0 Å². The summed E-state index contributed by atoms with van der Waals surface area (Å²) < 4.78 is 5.49. The van der Waals surface area contributed by atoms with Crippen LogP contribution in [0, 0.1) is 0 Å². The highest BCUT2D eigenvalue weighted by atomic mass is 16.5. The molecule has 0 spiro atoms. The Kier molecular flexibility index (Phi) is 3.56. The van der Waals surface area contributed by atoms with Gasteiger partial charge in [-0.15, -0.1) is 0 Å². The molecule has 0 fully saturated rings. The van der Waals surface area contributed by atoms with E-state index in [4.69, 9.17) is 10.5 Å². The zero-order valence-electron chi connectivity index (χ0n) is 11.5. The molecule has 104 valence electrons. The lowest BCUT2D eigenvalue weighted by molar-refractivity contribution is 0.0921. The van der Waals surface area contributed by atoms with Crippen molar-refractivity contribution in [1.29, 1.82) is 0 Å². The number of hydrogen-bond donors (Lipinski definition) is 1. The molecule has 3 heteroatoms. The van der Waals surface area contributed by atoms with Crippen molar-refractivity contribution in [2.24, 2.45) is 0 Å². The lowest BCUT2D eigenvalue weighted by Crippen LogP contribution is -2.11. The highest BCUT2D eigenvalue weighted by molar-refractivity contribution is 6.00. The molecule has 3 rings (SSSR count). The van der Waals surface area contributed by atoms with E-state index in [-0.39, 0.29) is 12.4 Å². The molecule has 21 heavy (non-hydrogen) atoms. The molecule has 0 aromatic heterocycles. The van der Waals surface area contributed by atoms with Gasteiger partial charge < -0.3 is 10.5 Å². The molecule has 3 aromatic rings. The van der Waals surface area contributed by atoms with Crippen molar-refractivity contribution < 1.29 is 9.53 Å².